The summed E-state index contributed by atoms with van der Waals surface area (Å²) in [5.74, 6) is -0.00540. The topological polar surface area (TPSA) is 17.1 Å². The molecule has 0 bridgehead atoms. The van der Waals surface area contributed by atoms with Crippen LogP contribution in [0.3, 0.4) is 0 Å². The van der Waals surface area contributed by atoms with Gasteiger partial charge in [-0.25, -0.2) is 0 Å². The fourth-order valence-corrected chi connectivity index (χ4v) is 2.75. The van der Waals surface area contributed by atoms with E-state index >= 15 is 0 Å². The number of rotatable bonds is 4. The van der Waals surface area contributed by atoms with Crippen molar-refractivity contribution in [3.8, 4) is 0 Å². The van der Waals surface area contributed by atoms with E-state index < -0.39 is 0 Å². The minimum Gasteiger partial charge on any atom is -0.289 e. The van der Waals surface area contributed by atoms with E-state index in [1.165, 1.54) is 0 Å². The van der Waals surface area contributed by atoms with Gasteiger partial charge in [0.2, 0.25) is 0 Å². The number of ketones is 1. The molecule has 0 aliphatic heterocycles. The number of fused-ring (bicyclic) bond motifs is 1. The zero-order valence-electron chi connectivity index (χ0n) is 12.4. The summed E-state index contributed by atoms with van der Waals surface area (Å²) in [5, 5.41) is 2.21. The fraction of sp³-hybridized carbons (Fsp3) is 0. The number of carbonyl (C=O) groups is 1. The molecule has 0 aliphatic rings. The lowest BCUT2D eigenvalue weighted by atomic mass is 10.0. The summed E-state index contributed by atoms with van der Waals surface area (Å²) in [6.07, 6.45) is 5.35. The van der Waals surface area contributed by atoms with Gasteiger partial charge in [-0.15, -0.1) is 0 Å². The maximum absolute atomic E-state index is 12.3. The molecule has 0 amide bonds. The molecule has 0 fully saturated rings. The standard InChI is InChI=1S/C21H15BrO/c22-20(14-16-6-2-1-3-7-16)12-13-21(23)19-11-10-17-8-4-5-9-18(17)15-19/h1-15H/b13-12+,20-14+. The quantitative estimate of drug-likeness (QED) is 0.315. The third-order valence-corrected chi connectivity index (χ3v) is 4.03. The summed E-state index contributed by atoms with van der Waals surface area (Å²) in [6.45, 7) is 0. The zero-order valence-corrected chi connectivity index (χ0v) is 14.0. The third kappa shape index (κ3) is 4.05. The van der Waals surface area contributed by atoms with E-state index in [1.54, 1.807) is 12.2 Å². The average Bonchev–Trinajstić information content (AvgIpc) is 2.60. The summed E-state index contributed by atoms with van der Waals surface area (Å²) >= 11 is 3.48. The van der Waals surface area contributed by atoms with Crippen molar-refractivity contribution in [2.24, 2.45) is 0 Å². The molecule has 0 N–H and O–H groups in total. The Hall–Kier alpha value is -2.45. The molecule has 0 unspecified atom stereocenters. The van der Waals surface area contributed by atoms with Crippen LogP contribution in [0.4, 0.5) is 0 Å². The minimum atomic E-state index is -0.00540. The molecule has 0 saturated heterocycles. The van der Waals surface area contributed by atoms with Crippen LogP contribution < -0.4 is 0 Å². The normalized spacial score (nSPS) is 12.0. The van der Waals surface area contributed by atoms with Crippen molar-refractivity contribution in [1.29, 1.82) is 0 Å². The fourth-order valence-electron chi connectivity index (χ4n) is 2.35. The predicted molar refractivity (Wildman–Crippen MR) is 101 cm³/mol. The summed E-state index contributed by atoms with van der Waals surface area (Å²) in [4.78, 5) is 12.3. The van der Waals surface area contributed by atoms with Crippen molar-refractivity contribution >= 4 is 38.6 Å². The Balaban J connectivity index is 1.78. The molecule has 3 rings (SSSR count). The molecule has 0 aromatic heterocycles. The molecule has 23 heavy (non-hydrogen) atoms. The highest BCUT2D eigenvalue weighted by molar-refractivity contribution is 9.12. The Bertz CT molecular complexity index is 892. The molecule has 0 heterocycles. The first-order valence-corrected chi connectivity index (χ1v) is 8.15. The number of halogens is 1. The van der Waals surface area contributed by atoms with E-state index in [0.29, 0.717) is 5.56 Å². The largest absolute Gasteiger partial charge is 0.289 e. The summed E-state index contributed by atoms with van der Waals surface area (Å²) in [7, 11) is 0. The second-order valence-electron chi connectivity index (χ2n) is 5.20. The Morgan fingerprint density at radius 1 is 0.783 bits per heavy atom. The number of benzene rings is 3. The maximum Gasteiger partial charge on any atom is 0.185 e. The van der Waals surface area contributed by atoms with Crippen LogP contribution >= 0.6 is 15.9 Å². The molecule has 3 aromatic carbocycles. The first-order valence-electron chi connectivity index (χ1n) is 7.36. The van der Waals surface area contributed by atoms with Crippen LogP contribution in [0.1, 0.15) is 15.9 Å². The molecule has 0 radical (unpaired) electrons. The highest BCUT2D eigenvalue weighted by Gasteiger charge is 2.03. The van der Waals surface area contributed by atoms with Crippen molar-refractivity contribution in [3.05, 3.63) is 101 Å². The number of hydrogen-bond donors (Lipinski definition) is 0. The van der Waals surface area contributed by atoms with Crippen LogP contribution in [-0.4, -0.2) is 5.78 Å². The van der Waals surface area contributed by atoms with Gasteiger partial charge in [-0.2, -0.15) is 0 Å². The van der Waals surface area contributed by atoms with E-state index in [2.05, 4.69) is 15.9 Å². The van der Waals surface area contributed by atoms with Crippen molar-refractivity contribution in [2.75, 3.05) is 0 Å². The van der Waals surface area contributed by atoms with Crippen LogP contribution in [0, 0.1) is 0 Å². The maximum atomic E-state index is 12.3. The molecule has 0 spiro atoms. The Morgan fingerprint density at radius 2 is 1.48 bits per heavy atom. The van der Waals surface area contributed by atoms with Gasteiger partial charge in [0.25, 0.3) is 0 Å². The predicted octanol–water partition coefficient (Wildman–Crippen LogP) is 6.01. The van der Waals surface area contributed by atoms with Gasteiger partial charge >= 0.3 is 0 Å². The minimum absolute atomic E-state index is 0.00540. The monoisotopic (exact) mass is 362 g/mol. The van der Waals surface area contributed by atoms with E-state index in [-0.39, 0.29) is 5.78 Å². The first kappa shape index (κ1) is 15.4. The lowest BCUT2D eigenvalue weighted by Gasteiger charge is -2.00. The average molecular weight is 363 g/mol. The van der Waals surface area contributed by atoms with Gasteiger partial charge in [-0.05, 0) is 40.6 Å². The van der Waals surface area contributed by atoms with Crippen molar-refractivity contribution in [2.45, 2.75) is 0 Å². The number of allylic oxidation sites excluding steroid dienone is 3. The molecule has 3 aromatic rings. The first-order chi connectivity index (χ1) is 11.2. The summed E-state index contributed by atoms with van der Waals surface area (Å²) in [5.41, 5.74) is 1.78. The highest BCUT2D eigenvalue weighted by atomic mass is 79.9. The Kier molecular flexibility index (Phi) is 4.84. The Labute approximate surface area is 144 Å². The molecule has 0 aliphatic carbocycles. The van der Waals surface area contributed by atoms with E-state index in [4.69, 9.17) is 0 Å². The van der Waals surface area contributed by atoms with Gasteiger partial charge in [0.15, 0.2) is 5.78 Å². The van der Waals surface area contributed by atoms with Crippen molar-refractivity contribution in [1.82, 2.24) is 0 Å². The number of carbonyl (C=O) groups excluding carboxylic acids is 1. The summed E-state index contributed by atoms with van der Waals surface area (Å²) < 4.78 is 0.859. The molecule has 112 valence electrons. The second-order valence-corrected chi connectivity index (χ2v) is 6.12. The van der Waals surface area contributed by atoms with Gasteiger partial charge in [0.05, 0.1) is 0 Å². The van der Waals surface area contributed by atoms with Crippen molar-refractivity contribution < 1.29 is 4.79 Å². The smallest absolute Gasteiger partial charge is 0.185 e. The third-order valence-electron chi connectivity index (χ3n) is 3.53. The molecular weight excluding hydrogens is 348 g/mol. The van der Waals surface area contributed by atoms with E-state index in [1.807, 2.05) is 78.9 Å². The van der Waals surface area contributed by atoms with Gasteiger partial charge in [0.1, 0.15) is 0 Å². The van der Waals surface area contributed by atoms with Crippen LogP contribution in [0.5, 0.6) is 0 Å². The highest BCUT2D eigenvalue weighted by Crippen LogP contribution is 2.17. The Morgan fingerprint density at radius 3 is 2.26 bits per heavy atom. The summed E-state index contributed by atoms with van der Waals surface area (Å²) in [6, 6.07) is 23.8. The molecule has 0 saturated carbocycles. The van der Waals surface area contributed by atoms with Gasteiger partial charge in [-0.1, -0.05) is 82.7 Å². The molecule has 1 nitrogen and oxygen atoms in total. The molecule has 0 atom stereocenters. The van der Waals surface area contributed by atoms with Gasteiger partial charge in [-0.3, -0.25) is 4.79 Å². The van der Waals surface area contributed by atoms with Gasteiger partial charge < -0.3 is 0 Å². The molecular formula is C21H15BrO. The van der Waals surface area contributed by atoms with E-state index in [9.17, 15) is 4.79 Å². The van der Waals surface area contributed by atoms with Crippen LogP contribution in [0.15, 0.2) is 89.4 Å². The van der Waals surface area contributed by atoms with Gasteiger partial charge in [0, 0.05) is 10.0 Å². The zero-order chi connectivity index (χ0) is 16.1. The van der Waals surface area contributed by atoms with Crippen molar-refractivity contribution in [3.63, 3.8) is 0 Å². The lowest BCUT2D eigenvalue weighted by molar-refractivity contribution is 0.104. The van der Waals surface area contributed by atoms with Crippen LogP contribution in [-0.2, 0) is 0 Å². The lowest BCUT2D eigenvalue weighted by Crippen LogP contribution is -1.93. The number of hydrogen-bond acceptors (Lipinski definition) is 1. The second kappa shape index (κ2) is 7.21. The van der Waals surface area contributed by atoms with Crippen LogP contribution in [0.25, 0.3) is 16.8 Å². The van der Waals surface area contributed by atoms with Crippen LogP contribution in [0.2, 0.25) is 0 Å². The van der Waals surface area contributed by atoms with E-state index in [0.717, 1.165) is 20.8 Å². The molecule has 2 heteroatoms. The SMILES string of the molecule is O=C(/C=C/C(Br)=C\c1ccccc1)c1ccc2ccccc2c1.